The Hall–Kier alpha value is -1.62. The van der Waals surface area contributed by atoms with Gasteiger partial charge >= 0.3 is 5.97 Å². The highest BCUT2D eigenvalue weighted by Crippen LogP contribution is 2.27. The summed E-state index contributed by atoms with van der Waals surface area (Å²) in [7, 11) is 0. The fourth-order valence-electron chi connectivity index (χ4n) is 1.77. The van der Waals surface area contributed by atoms with Crippen LogP contribution in [-0.2, 0) is 4.79 Å². The Morgan fingerprint density at radius 1 is 1.53 bits per heavy atom. The van der Waals surface area contributed by atoms with Crippen molar-refractivity contribution in [1.29, 1.82) is 0 Å². The molecule has 1 unspecified atom stereocenters. The Kier molecular flexibility index (Phi) is 3.28. The van der Waals surface area contributed by atoms with Crippen LogP contribution in [-0.4, -0.2) is 21.0 Å². The van der Waals surface area contributed by atoms with Gasteiger partial charge in [-0.15, -0.1) is 11.3 Å². The van der Waals surface area contributed by atoms with Crippen molar-refractivity contribution in [2.45, 2.75) is 19.8 Å². The monoisotopic (exact) mass is 250 g/mol. The Labute approximate surface area is 103 Å². The van der Waals surface area contributed by atoms with E-state index in [1.54, 1.807) is 17.5 Å². The smallest absolute Gasteiger partial charge is 0.314 e. The van der Waals surface area contributed by atoms with Gasteiger partial charge in [0.15, 0.2) is 0 Å². The van der Waals surface area contributed by atoms with Crippen molar-refractivity contribution in [2.24, 2.45) is 5.92 Å². The zero-order valence-electron chi connectivity index (χ0n) is 9.68. The fourth-order valence-corrected chi connectivity index (χ4v) is 2.46. The van der Waals surface area contributed by atoms with Crippen LogP contribution in [0, 0.1) is 5.92 Å². The van der Waals surface area contributed by atoms with E-state index < -0.39 is 11.9 Å². The molecule has 0 radical (unpaired) electrons. The van der Waals surface area contributed by atoms with Crippen LogP contribution in [0.5, 0.6) is 0 Å². The maximum absolute atomic E-state index is 11.2. The first-order valence-electron chi connectivity index (χ1n) is 5.41. The van der Waals surface area contributed by atoms with Gasteiger partial charge in [-0.25, -0.2) is 4.98 Å². The number of nitrogens with zero attached hydrogens (tertiary/aromatic N) is 1. The van der Waals surface area contributed by atoms with Crippen molar-refractivity contribution in [3.8, 4) is 10.6 Å². The van der Waals surface area contributed by atoms with Gasteiger partial charge in [-0.2, -0.15) is 0 Å². The molecule has 2 rings (SSSR count). The molecular formula is C12H14N2O2S. The lowest BCUT2D eigenvalue weighted by atomic mass is 9.95. The van der Waals surface area contributed by atoms with Gasteiger partial charge < -0.3 is 10.1 Å². The molecule has 5 heteroatoms. The number of hydrogen-bond donors (Lipinski definition) is 2. The van der Waals surface area contributed by atoms with E-state index in [0.29, 0.717) is 5.82 Å². The van der Waals surface area contributed by atoms with Gasteiger partial charge in [0.25, 0.3) is 0 Å². The predicted octanol–water partition coefficient (Wildman–Crippen LogP) is 2.96. The summed E-state index contributed by atoms with van der Waals surface area (Å²) in [5.41, 5.74) is 0.877. The lowest BCUT2D eigenvalue weighted by Gasteiger charge is -2.12. The average molecular weight is 250 g/mol. The standard InChI is InChI=1S/C12H14N2O2S/c1-7(2)10(12(15)16)11-13-6-8(14-11)9-4-3-5-17-9/h3-7,10H,1-2H3,(H,13,14)(H,15,16). The Bertz CT molecular complexity index is 502. The molecule has 0 saturated carbocycles. The summed E-state index contributed by atoms with van der Waals surface area (Å²) in [4.78, 5) is 19.5. The lowest BCUT2D eigenvalue weighted by Crippen LogP contribution is -2.18. The number of carbonyl (C=O) groups is 1. The van der Waals surface area contributed by atoms with Gasteiger partial charge in [0.2, 0.25) is 0 Å². The van der Waals surface area contributed by atoms with E-state index in [4.69, 9.17) is 0 Å². The largest absolute Gasteiger partial charge is 0.481 e. The minimum Gasteiger partial charge on any atom is -0.481 e. The number of aliphatic carboxylic acids is 1. The van der Waals surface area contributed by atoms with Crippen LogP contribution in [0.25, 0.3) is 10.6 Å². The number of carboxylic acids is 1. The normalized spacial score (nSPS) is 12.9. The van der Waals surface area contributed by atoms with Crippen LogP contribution in [0.4, 0.5) is 0 Å². The molecule has 90 valence electrons. The minimum absolute atomic E-state index is 0.00911. The van der Waals surface area contributed by atoms with Crippen molar-refractivity contribution in [3.63, 3.8) is 0 Å². The highest BCUT2D eigenvalue weighted by molar-refractivity contribution is 7.13. The van der Waals surface area contributed by atoms with E-state index in [2.05, 4.69) is 9.97 Å². The summed E-state index contributed by atoms with van der Waals surface area (Å²) in [5, 5.41) is 11.2. The Balaban J connectivity index is 2.31. The molecule has 1 atom stereocenters. The van der Waals surface area contributed by atoms with Crippen LogP contribution >= 0.6 is 11.3 Å². The third-order valence-corrected chi connectivity index (χ3v) is 3.51. The van der Waals surface area contributed by atoms with Crippen LogP contribution in [0.3, 0.4) is 0 Å². The molecule has 0 aliphatic rings. The van der Waals surface area contributed by atoms with E-state index >= 15 is 0 Å². The maximum atomic E-state index is 11.2. The molecule has 2 aromatic heterocycles. The Morgan fingerprint density at radius 3 is 2.82 bits per heavy atom. The fraction of sp³-hybridized carbons (Fsp3) is 0.333. The van der Waals surface area contributed by atoms with Crippen molar-refractivity contribution >= 4 is 17.3 Å². The van der Waals surface area contributed by atoms with E-state index in [9.17, 15) is 9.90 Å². The second kappa shape index (κ2) is 4.71. The summed E-state index contributed by atoms with van der Waals surface area (Å²) in [5.74, 6) is -0.887. The van der Waals surface area contributed by atoms with Crippen LogP contribution in [0.15, 0.2) is 23.7 Å². The van der Waals surface area contributed by atoms with E-state index in [-0.39, 0.29) is 5.92 Å². The molecule has 0 amide bonds. The molecular weight excluding hydrogens is 236 g/mol. The molecule has 2 N–H and O–H groups in total. The molecule has 2 heterocycles. The maximum Gasteiger partial charge on any atom is 0.314 e. The van der Waals surface area contributed by atoms with E-state index in [0.717, 1.165) is 10.6 Å². The van der Waals surface area contributed by atoms with Gasteiger partial charge in [0, 0.05) is 0 Å². The van der Waals surface area contributed by atoms with Crippen LogP contribution in [0.2, 0.25) is 0 Å². The topological polar surface area (TPSA) is 66.0 Å². The number of H-pyrrole nitrogens is 1. The molecule has 0 fully saturated rings. The van der Waals surface area contributed by atoms with Crippen LogP contribution in [0.1, 0.15) is 25.6 Å². The van der Waals surface area contributed by atoms with E-state index in [1.807, 2.05) is 31.4 Å². The summed E-state index contributed by atoms with van der Waals surface area (Å²) < 4.78 is 0. The minimum atomic E-state index is -0.841. The van der Waals surface area contributed by atoms with Gasteiger partial charge in [0.1, 0.15) is 11.7 Å². The predicted molar refractivity (Wildman–Crippen MR) is 67.1 cm³/mol. The second-order valence-corrected chi connectivity index (χ2v) is 5.17. The molecule has 0 bridgehead atoms. The summed E-state index contributed by atoms with van der Waals surface area (Å²) in [6, 6.07) is 3.94. The first-order chi connectivity index (χ1) is 8.09. The van der Waals surface area contributed by atoms with Gasteiger partial charge in [-0.1, -0.05) is 19.9 Å². The quantitative estimate of drug-likeness (QED) is 0.876. The number of aromatic nitrogens is 2. The third kappa shape index (κ3) is 2.39. The van der Waals surface area contributed by atoms with E-state index in [1.165, 1.54) is 0 Å². The summed E-state index contributed by atoms with van der Waals surface area (Å²) in [6.45, 7) is 3.76. The number of hydrogen-bond acceptors (Lipinski definition) is 3. The van der Waals surface area contributed by atoms with Crippen molar-refractivity contribution in [1.82, 2.24) is 9.97 Å². The first-order valence-corrected chi connectivity index (χ1v) is 6.29. The number of aromatic amines is 1. The van der Waals surface area contributed by atoms with Gasteiger partial charge in [0.05, 0.1) is 16.8 Å². The summed E-state index contributed by atoms with van der Waals surface area (Å²) >= 11 is 1.60. The SMILES string of the molecule is CC(C)C(C(=O)O)c1ncc(-c2cccs2)[nH]1. The molecule has 2 aromatic rings. The highest BCUT2D eigenvalue weighted by atomic mass is 32.1. The van der Waals surface area contributed by atoms with Gasteiger partial charge in [-0.3, -0.25) is 4.79 Å². The zero-order valence-corrected chi connectivity index (χ0v) is 10.5. The lowest BCUT2D eigenvalue weighted by molar-refractivity contribution is -0.140. The van der Waals surface area contributed by atoms with Crippen LogP contribution < -0.4 is 0 Å². The molecule has 0 aliphatic carbocycles. The Morgan fingerprint density at radius 2 is 2.29 bits per heavy atom. The number of nitrogens with one attached hydrogen (secondary N) is 1. The third-order valence-electron chi connectivity index (χ3n) is 2.61. The molecule has 0 aliphatic heterocycles. The number of rotatable bonds is 4. The molecule has 17 heavy (non-hydrogen) atoms. The highest BCUT2D eigenvalue weighted by Gasteiger charge is 2.26. The second-order valence-electron chi connectivity index (χ2n) is 4.22. The van der Waals surface area contributed by atoms with Gasteiger partial charge in [-0.05, 0) is 17.4 Å². The number of thiophene rings is 1. The first kappa shape index (κ1) is 11.9. The molecule has 0 saturated heterocycles. The number of carboxylic acid groups (broad SMARTS) is 1. The average Bonchev–Trinajstić information content (AvgIpc) is 2.83. The van der Waals surface area contributed by atoms with Crippen molar-refractivity contribution in [2.75, 3.05) is 0 Å². The van der Waals surface area contributed by atoms with Crippen molar-refractivity contribution in [3.05, 3.63) is 29.5 Å². The molecule has 4 nitrogen and oxygen atoms in total. The summed E-state index contributed by atoms with van der Waals surface area (Å²) in [6.07, 6.45) is 1.69. The van der Waals surface area contributed by atoms with Crippen molar-refractivity contribution < 1.29 is 9.90 Å². The number of imidazole rings is 1. The molecule has 0 aromatic carbocycles. The molecule has 0 spiro atoms. The zero-order chi connectivity index (χ0) is 12.4.